The van der Waals surface area contributed by atoms with Crippen molar-refractivity contribution in [3.05, 3.63) is 65.2 Å². The average molecular weight is 281 g/mol. The van der Waals surface area contributed by atoms with Crippen LogP contribution in [-0.4, -0.2) is 19.1 Å². The third-order valence-electron chi connectivity index (χ3n) is 4.05. The smallest absolute Gasteiger partial charge is 0.337 e. The Labute approximate surface area is 125 Å². The van der Waals surface area contributed by atoms with E-state index in [9.17, 15) is 4.79 Å². The number of rotatable bonds is 3. The Morgan fingerprint density at radius 1 is 1.24 bits per heavy atom. The van der Waals surface area contributed by atoms with E-state index in [0.717, 1.165) is 18.5 Å². The summed E-state index contributed by atoms with van der Waals surface area (Å²) >= 11 is 0. The molecule has 0 saturated carbocycles. The first kappa shape index (κ1) is 13.7. The van der Waals surface area contributed by atoms with Crippen molar-refractivity contribution in [2.45, 2.75) is 25.9 Å². The molecule has 0 unspecified atom stereocenters. The number of anilines is 1. The molecule has 1 aliphatic heterocycles. The first-order valence-corrected chi connectivity index (χ1v) is 7.21. The van der Waals surface area contributed by atoms with Gasteiger partial charge in [-0.2, -0.15) is 0 Å². The van der Waals surface area contributed by atoms with Gasteiger partial charge in [0.2, 0.25) is 0 Å². The lowest BCUT2D eigenvalue weighted by molar-refractivity contribution is 0.0600. The van der Waals surface area contributed by atoms with Crippen LogP contribution in [-0.2, 0) is 17.7 Å². The number of nitrogens with zero attached hydrogens (tertiary/aromatic N) is 1. The summed E-state index contributed by atoms with van der Waals surface area (Å²) in [6.45, 7) is 3.05. The lowest BCUT2D eigenvalue weighted by Crippen LogP contribution is -2.28. The number of esters is 1. The Morgan fingerprint density at radius 2 is 2.05 bits per heavy atom. The Kier molecular flexibility index (Phi) is 3.65. The van der Waals surface area contributed by atoms with Gasteiger partial charge in [-0.15, -0.1) is 0 Å². The first-order valence-electron chi connectivity index (χ1n) is 7.21. The molecule has 1 heterocycles. The number of hydrogen-bond donors (Lipinski definition) is 0. The molecular weight excluding hydrogens is 262 g/mol. The molecule has 0 N–H and O–H groups in total. The van der Waals surface area contributed by atoms with Crippen molar-refractivity contribution in [2.75, 3.05) is 12.0 Å². The molecule has 0 aliphatic carbocycles. The van der Waals surface area contributed by atoms with Gasteiger partial charge in [-0.05, 0) is 42.7 Å². The van der Waals surface area contributed by atoms with Crippen LogP contribution in [0.2, 0.25) is 0 Å². The molecule has 0 bridgehead atoms. The van der Waals surface area contributed by atoms with E-state index in [2.05, 4.69) is 42.2 Å². The van der Waals surface area contributed by atoms with Gasteiger partial charge in [0.05, 0.1) is 12.7 Å². The number of para-hydroxylation sites is 1. The third-order valence-corrected chi connectivity index (χ3v) is 4.05. The zero-order valence-corrected chi connectivity index (χ0v) is 12.4. The fraction of sp³-hybridized carbons (Fsp3) is 0.278. The van der Waals surface area contributed by atoms with Gasteiger partial charge in [0.1, 0.15) is 0 Å². The normalized spacial score (nSPS) is 16.7. The molecule has 3 rings (SSSR count). The number of fused-ring (bicyclic) bond motifs is 1. The highest BCUT2D eigenvalue weighted by Crippen LogP contribution is 2.33. The van der Waals surface area contributed by atoms with Crippen molar-refractivity contribution >= 4 is 11.7 Å². The average Bonchev–Trinajstić information content (AvgIpc) is 2.83. The lowest BCUT2D eigenvalue weighted by atomic mass is 10.1. The van der Waals surface area contributed by atoms with Gasteiger partial charge in [-0.3, -0.25) is 0 Å². The van der Waals surface area contributed by atoms with Crippen LogP contribution >= 0.6 is 0 Å². The molecule has 1 aliphatic rings. The van der Waals surface area contributed by atoms with Crippen LogP contribution in [0.15, 0.2) is 48.5 Å². The maximum absolute atomic E-state index is 11.6. The molecule has 108 valence electrons. The van der Waals surface area contributed by atoms with Crippen LogP contribution in [0.1, 0.15) is 28.4 Å². The van der Waals surface area contributed by atoms with Crippen LogP contribution in [0.25, 0.3) is 0 Å². The Balaban J connectivity index is 1.86. The van der Waals surface area contributed by atoms with Crippen LogP contribution in [0.3, 0.4) is 0 Å². The molecule has 0 aromatic heterocycles. The molecule has 0 radical (unpaired) electrons. The molecule has 0 spiro atoms. The van der Waals surface area contributed by atoms with Gasteiger partial charge >= 0.3 is 5.97 Å². The van der Waals surface area contributed by atoms with Crippen molar-refractivity contribution in [3.63, 3.8) is 0 Å². The molecule has 2 aromatic carbocycles. The number of methoxy groups -OCH3 is 1. The Bertz CT molecular complexity index is 666. The standard InChI is InChI=1S/C18H19NO2/c1-13-10-15-7-3-4-9-17(15)19(13)12-14-6-5-8-16(11-14)18(20)21-2/h3-9,11,13H,10,12H2,1-2H3/t13-/m0/s1. The van der Waals surface area contributed by atoms with Crippen LogP contribution in [0, 0.1) is 0 Å². The fourth-order valence-electron chi connectivity index (χ4n) is 2.98. The summed E-state index contributed by atoms with van der Waals surface area (Å²) in [7, 11) is 1.41. The molecular formula is C18H19NO2. The van der Waals surface area contributed by atoms with Gasteiger partial charge < -0.3 is 9.64 Å². The second-order valence-corrected chi connectivity index (χ2v) is 5.50. The van der Waals surface area contributed by atoms with Crippen LogP contribution in [0.4, 0.5) is 5.69 Å². The maximum Gasteiger partial charge on any atom is 0.337 e. The quantitative estimate of drug-likeness (QED) is 0.807. The summed E-state index contributed by atoms with van der Waals surface area (Å²) in [4.78, 5) is 14.0. The minimum absolute atomic E-state index is 0.285. The monoisotopic (exact) mass is 281 g/mol. The van der Waals surface area contributed by atoms with Crippen molar-refractivity contribution in [3.8, 4) is 0 Å². The fourth-order valence-corrected chi connectivity index (χ4v) is 2.98. The predicted molar refractivity (Wildman–Crippen MR) is 83.6 cm³/mol. The Morgan fingerprint density at radius 3 is 2.86 bits per heavy atom. The summed E-state index contributed by atoms with van der Waals surface area (Å²) in [5.41, 5.74) is 4.43. The number of benzene rings is 2. The van der Waals surface area contributed by atoms with Gasteiger partial charge in [-0.25, -0.2) is 4.79 Å². The van der Waals surface area contributed by atoms with E-state index < -0.39 is 0 Å². The van der Waals surface area contributed by atoms with Gasteiger partial charge in [-0.1, -0.05) is 30.3 Å². The summed E-state index contributed by atoms with van der Waals surface area (Å²) < 4.78 is 4.79. The van der Waals surface area contributed by atoms with Crippen LogP contribution < -0.4 is 4.90 Å². The van der Waals surface area contributed by atoms with Gasteiger partial charge in [0.25, 0.3) is 0 Å². The molecule has 1 atom stereocenters. The van der Waals surface area contributed by atoms with E-state index in [1.165, 1.54) is 18.4 Å². The molecule has 3 nitrogen and oxygen atoms in total. The van der Waals surface area contributed by atoms with E-state index in [0.29, 0.717) is 11.6 Å². The number of hydrogen-bond acceptors (Lipinski definition) is 3. The summed E-state index contributed by atoms with van der Waals surface area (Å²) in [5, 5.41) is 0. The summed E-state index contributed by atoms with van der Waals surface area (Å²) in [6, 6.07) is 16.7. The third kappa shape index (κ3) is 2.64. The number of ether oxygens (including phenoxy) is 1. The van der Waals surface area contributed by atoms with Gasteiger partial charge in [0, 0.05) is 18.3 Å². The highest BCUT2D eigenvalue weighted by molar-refractivity contribution is 5.89. The van der Waals surface area contributed by atoms with Crippen molar-refractivity contribution in [2.24, 2.45) is 0 Å². The SMILES string of the molecule is COC(=O)c1cccc(CN2c3ccccc3C[C@@H]2C)c1. The van der Waals surface area contributed by atoms with Crippen LogP contribution in [0.5, 0.6) is 0 Å². The number of carbonyl (C=O) groups is 1. The van der Waals surface area contributed by atoms with Gasteiger partial charge in [0.15, 0.2) is 0 Å². The van der Waals surface area contributed by atoms with Crippen molar-refractivity contribution in [1.29, 1.82) is 0 Å². The maximum atomic E-state index is 11.6. The summed E-state index contributed by atoms with van der Waals surface area (Å²) in [5.74, 6) is -0.285. The minimum Gasteiger partial charge on any atom is -0.465 e. The zero-order chi connectivity index (χ0) is 14.8. The largest absolute Gasteiger partial charge is 0.465 e. The van der Waals surface area contributed by atoms with Crippen molar-refractivity contribution in [1.82, 2.24) is 0 Å². The molecule has 21 heavy (non-hydrogen) atoms. The highest BCUT2D eigenvalue weighted by Gasteiger charge is 2.25. The zero-order valence-electron chi connectivity index (χ0n) is 12.4. The van der Waals surface area contributed by atoms with E-state index in [4.69, 9.17) is 4.74 Å². The summed E-state index contributed by atoms with van der Waals surface area (Å²) in [6.07, 6.45) is 1.08. The number of carbonyl (C=O) groups excluding carboxylic acids is 1. The topological polar surface area (TPSA) is 29.5 Å². The minimum atomic E-state index is -0.285. The highest BCUT2D eigenvalue weighted by atomic mass is 16.5. The molecule has 3 heteroatoms. The second kappa shape index (κ2) is 5.60. The lowest BCUT2D eigenvalue weighted by Gasteiger charge is -2.25. The van der Waals surface area contributed by atoms with E-state index >= 15 is 0 Å². The molecule has 0 fully saturated rings. The van der Waals surface area contributed by atoms with Crippen molar-refractivity contribution < 1.29 is 9.53 Å². The second-order valence-electron chi connectivity index (χ2n) is 5.50. The molecule has 2 aromatic rings. The Hall–Kier alpha value is -2.29. The van der Waals surface area contributed by atoms with E-state index in [1.54, 1.807) is 6.07 Å². The first-order chi connectivity index (χ1) is 10.2. The van der Waals surface area contributed by atoms with E-state index in [1.807, 2.05) is 12.1 Å². The molecule has 0 amide bonds. The molecule has 0 saturated heterocycles. The van der Waals surface area contributed by atoms with E-state index in [-0.39, 0.29) is 5.97 Å². The predicted octanol–water partition coefficient (Wildman–Crippen LogP) is 3.42.